The minimum absolute atomic E-state index is 0.136. The van der Waals surface area contributed by atoms with Gasteiger partial charge >= 0.3 is 0 Å². The molecule has 0 fully saturated rings. The number of Topliss-reactive ketones (excluding diaryl/α,β-unsaturated/α-hetero) is 1. The minimum Gasteiger partial charge on any atom is -0.294 e. The Morgan fingerprint density at radius 1 is 1.40 bits per heavy atom. The number of aliphatic imine (C=N–C) groups is 1. The molecule has 0 N–H and O–H groups in total. The number of hydrogen-bond acceptors (Lipinski definition) is 4. The highest BCUT2D eigenvalue weighted by atomic mass is 16.1. The van der Waals surface area contributed by atoms with E-state index in [1.54, 1.807) is 12.4 Å². The van der Waals surface area contributed by atoms with Crippen molar-refractivity contribution in [3.8, 4) is 6.07 Å². The van der Waals surface area contributed by atoms with Crippen molar-refractivity contribution in [3.05, 3.63) is 41.4 Å². The Hall–Kier alpha value is -2.28. The fourth-order valence-electron chi connectivity index (χ4n) is 3.09. The van der Waals surface area contributed by atoms with Crippen molar-refractivity contribution in [2.45, 2.75) is 32.1 Å². The SMILES string of the molecule is CC1=NC2=C(C(=O)CCC2)C(c2cccnc2)C1C#N. The van der Waals surface area contributed by atoms with E-state index in [0.29, 0.717) is 6.42 Å². The van der Waals surface area contributed by atoms with E-state index in [1.807, 2.05) is 19.1 Å². The first-order valence-electron chi connectivity index (χ1n) is 6.83. The molecule has 0 aromatic carbocycles. The van der Waals surface area contributed by atoms with E-state index in [0.717, 1.165) is 35.4 Å². The van der Waals surface area contributed by atoms with Gasteiger partial charge in [-0.25, -0.2) is 0 Å². The highest BCUT2D eigenvalue weighted by molar-refractivity contribution is 6.02. The van der Waals surface area contributed by atoms with Crippen LogP contribution in [0.15, 0.2) is 40.8 Å². The van der Waals surface area contributed by atoms with E-state index in [9.17, 15) is 10.1 Å². The Labute approximate surface area is 117 Å². The maximum absolute atomic E-state index is 12.3. The number of ketones is 1. The van der Waals surface area contributed by atoms with E-state index in [4.69, 9.17) is 0 Å². The van der Waals surface area contributed by atoms with Crippen molar-refractivity contribution >= 4 is 11.5 Å². The fourth-order valence-corrected chi connectivity index (χ4v) is 3.09. The van der Waals surface area contributed by atoms with Gasteiger partial charge in [0.1, 0.15) is 0 Å². The van der Waals surface area contributed by atoms with Gasteiger partial charge in [-0.05, 0) is 31.4 Å². The second-order valence-electron chi connectivity index (χ2n) is 5.26. The molecule has 1 aliphatic carbocycles. The van der Waals surface area contributed by atoms with Crippen LogP contribution < -0.4 is 0 Å². The molecule has 2 unspecified atom stereocenters. The molecule has 1 aromatic heterocycles. The third-order valence-corrected chi connectivity index (χ3v) is 4.02. The molecule has 1 aliphatic heterocycles. The zero-order valence-electron chi connectivity index (χ0n) is 11.3. The predicted octanol–water partition coefficient (Wildman–Crippen LogP) is 2.79. The molecular formula is C16H15N3O. The molecule has 4 nitrogen and oxygen atoms in total. The van der Waals surface area contributed by atoms with Crippen molar-refractivity contribution in [1.29, 1.82) is 5.26 Å². The molecule has 0 saturated carbocycles. The van der Waals surface area contributed by atoms with Gasteiger partial charge in [0.15, 0.2) is 5.78 Å². The molecule has 2 atom stereocenters. The van der Waals surface area contributed by atoms with Crippen molar-refractivity contribution in [2.75, 3.05) is 0 Å². The van der Waals surface area contributed by atoms with Crippen molar-refractivity contribution in [1.82, 2.24) is 4.98 Å². The zero-order chi connectivity index (χ0) is 14.1. The summed E-state index contributed by atoms with van der Waals surface area (Å²) in [7, 11) is 0. The lowest BCUT2D eigenvalue weighted by atomic mass is 9.73. The van der Waals surface area contributed by atoms with E-state index in [2.05, 4.69) is 16.0 Å². The predicted molar refractivity (Wildman–Crippen MR) is 75.1 cm³/mol. The van der Waals surface area contributed by atoms with Gasteiger partial charge in [0.2, 0.25) is 0 Å². The Morgan fingerprint density at radius 2 is 2.25 bits per heavy atom. The number of rotatable bonds is 1. The second-order valence-corrected chi connectivity index (χ2v) is 5.26. The summed E-state index contributed by atoms with van der Waals surface area (Å²) in [4.78, 5) is 21.0. The van der Waals surface area contributed by atoms with Crippen LogP contribution in [0.3, 0.4) is 0 Å². The van der Waals surface area contributed by atoms with Gasteiger partial charge in [0, 0.05) is 41.7 Å². The Kier molecular flexibility index (Phi) is 3.19. The molecule has 1 aromatic rings. The van der Waals surface area contributed by atoms with Crippen LogP contribution in [0.2, 0.25) is 0 Å². The summed E-state index contributed by atoms with van der Waals surface area (Å²) in [5.74, 6) is -0.453. The van der Waals surface area contributed by atoms with Gasteiger partial charge in [-0.2, -0.15) is 5.26 Å². The number of nitriles is 1. The zero-order valence-corrected chi connectivity index (χ0v) is 11.3. The normalized spacial score (nSPS) is 25.8. The lowest BCUT2D eigenvalue weighted by molar-refractivity contribution is -0.116. The van der Waals surface area contributed by atoms with E-state index < -0.39 is 0 Å². The first kappa shape index (κ1) is 12.7. The quantitative estimate of drug-likeness (QED) is 0.784. The van der Waals surface area contributed by atoms with Crippen LogP contribution >= 0.6 is 0 Å². The average molecular weight is 265 g/mol. The number of nitrogens with zero attached hydrogens (tertiary/aromatic N) is 3. The number of pyridine rings is 1. The van der Waals surface area contributed by atoms with Crippen molar-refractivity contribution < 1.29 is 4.79 Å². The Balaban J connectivity index is 2.18. The van der Waals surface area contributed by atoms with Crippen LogP contribution in [0.1, 0.15) is 37.7 Å². The molecule has 100 valence electrons. The number of carbonyl (C=O) groups is 1. The first-order valence-corrected chi connectivity index (χ1v) is 6.83. The van der Waals surface area contributed by atoms with Crippen LogP contribution in [-0.4, -0.2) is 16.5 Å². The Morgan fingerprint density at radius 3 is 2.95 bits per heavy atom. The van der Waals surface area contributed by atoms with Gasteiger partial charge < -0.3 is 0 Å². The van der Waals surface area contributed by atoms with Gasteiger partial charge in [0.25, 0.3) is 0 Å². The summed E-state index contributed by atoms with van der Waals surface area (Å²) in [6, 6.07) is 6.09. The molecule has 0 spiro atoms. The lowest BCUT2D eigenvalue weighted by Crippen LogP contribution is -2.30. The van der Waals surface area contributed by atoms with Gasteiger partial charge in [-0.1, -0.05) is 6.07 Å². The fraction of sp³-hybridized carbons (Fsp3) is 0.375. The van der Waals surface area contributed by atoms with Gasteiger partial charge in [-0.3, -0.25) is 14.8 Å². The van der Waals surface area contributed by atoms with Crippen molar-refractivity contribution in [2.24, 2.45) is 10.9 Å². The molecule has 0 amide bonds. The topological polar surface area (TPSA) is 66.1 Å². The van der Waals surface area contributed by atoms with E-state index in [1.165, 1.54) is 0 Å². The summed E-state index contributed by atoms with van der Waals surface area (Å²) in [6.45, 7) is 1.88. The number of allylic oxidation sites excluding steroid dienone is 2. The second kappa shape index (κ2) is 5.01. The van der Waals surface area contributed by atoms with Gasteiger partial charge in [-0.15, -0.1) is 0 Å². The monoisotopic (exact) mass is 265 g/mol. The molecular weight excluding hydrogens is 250 g/mol. The lowest BCUT2D eigenvalue weighted by Gasteiger charge is -2.32. The largest absolute Gasteiger partial charge is 0.294 e. The van der Waals surface area contributed by atoms with Gasteiger partial charge in [0.05, 0.1) is 12.0 Å². The summed E-state index contributed by atoms with van der Waals surface area (Å²) in [5, 5.41) is 9.48. The highest BCUT2D eigenvalue weighted by Crippen LogP contribution is 2.42. The third-order valence-electron chi connectivity index (χ3n) is 4.02. The van der Waals surface area contributed by atoms with Crippen LogP contribution in [0.4, 0.5) is 0 Å². The maximum Gasteiger partial charge on any atom is 0.161 e. The summed E-state index contributed by atoms with van der Waals surface area (Å²) < 4.78 is 0. The molecule has 2 aliphatic rings. The third kappa shape index (κ3) is 1.96. The van der Waals surface area contributed by atoms with Crippen LogP contribution in [-0.2, 0) is 4.79 Å². The van der Waals surface area contributed by atoms with E-state index in [-0.39, 0.29) is 17.6 Å². The molecule has 20 heavy (non-hydrogen) atoms. The minimum atomic E-state index is -0.375. The Bertz CT molecular complexity index is 652. The standard InChI is InChI=1S/C16H15N3O/c1-10-12(8-17)15(11-4-3-7-18-9-11)16-13(19-10)5-2-6-14(16)20/h3-4,7,9,12,15H,2,5-6H2,1H3. The van der Waals surface area contributed by atoms with Crippen LogP contribution in [0, 0.1) is 17.2 Å². The number of carbonyl (C=O) groups excluding carboxylic acids is 1. The molecule has 0 bridgehead atoms. The number of hydrogen-bond donors (Lipinski definition) is 0. The summed E-state index contributed by atoms with van der Waals surface area (Å²) in [5.41, 5.74) is 3.34. The van der Waals surface area contributed by atoms with Crippen LogP contribution in [0.25, 0.3) is 0 Å². The van der Waals surface area contributed by atoms with E-state index >= 15 is 0 Å². The summed E-state index contributed by atoms with van der Waals surface area (Å²) >= 11 is 0. The smallest absolute Gasteiger partial charge is 0.161 e. The first-order chi connectivity index (χ1) is 9.72. The number of aromatic nitrogens is 1. The molecule has 0 radical (unpaired) electrons. The molecule has 2 heterocycles. The summed E-state index contributed by atoms with van der Waals surface area (Å²) in [6.07, 6.45) is 5.69. The maximum atomic E-state index is 12.3. The highest BCUT2D eigenvalue weighted by Gasteiger charge is 2.38. The van der Waals surface area contributed by atoms with Crippen LogP contribution in [0.5, 0.6) is 0 Å². The average Bonchev–Trinajstić information content (AvgIpc) is 2.47. The molecule has 4 heteroatoms. The molecule has 0 saturated heterocycles. The van der Waals surface area contributed by atoms with Crippen molar-refractivity contribution in [3.63, 3.8) is 0 Å². The molecule has 3 rings (SSSR count).